The van der Waals surface area contributed by atoms with Gasteiger partial charge in [-0.3, -0.25) is 14.7 Å². The molecule has 0 fully saturated rings. The number of ether oxygens (including phenoxy) is 2. The molecule has 0 saturated heterocycles. The van der Waals surface area contributed by atoms with Gasteiger partial charge in [-0.25, -0.2) is 9.97 Å². The van der Waals surface area contributed by atoms with E-state index in [-0.39, 0.29) is 19.6 Å². The molecular formula is C19H20N4O4S. The lowest BCUT2D eigenvalue weighted by Crippen LogP contribution is -2.30. The standard InChI is InChI=1S/C19H20N4O4S/c1-3-26-17(24)14(18(25)27-4-2)10-13-9-12-7-5-6-8-15(12)22-16(13)28-19-20-11-21-23-19/h5-9,11,14H,3-4,10H2,1-2H3,(H,20,21,23). The first kappa shape index (κ1) is 19.8. The van der Waals surface area contributed by atoms with Gasteiger partial charge in [-0.2, -0.15) is 5.10 Å². The van der Waals surface area contributed by atoms with E-state index in [0.29, 0.717) is 10.2 Å². The van der Waals surface area contributed by atoms with Gasteiger partial charge < -0.3 is 9.47 Å². The Kier molecular flexibility index (Phi) is 6.59. The van der Waals surface area contributed by atoms with Crippen molar-refractivity contribution in [3.63, 3.8) is 0 Å². The fourth-order valence-electron chi connectivity index (χ4n) is 2.68. The third kappa shape index (κ3) is 4.66. The first-order valence-corrected chi connectivity index (χ1v) is 9.69. The molecule has 0 aliphatic heterocycles. The molecule has 8 nitrogen and oxygen atoms in total. The van der Waals surface area contributed by atoms with E-state index in [1.165, 1.54) is 18.1 Å². The normalized spacial score (nSPS) is 11.0. The van der Waals surface area contributed by atoms with Crippen LogP contribution in [0.4, 0.5) is 0 Å². The Bertz CT molecular complexity index is 944. The summed E-state index contributed by atoms with van der Waals surface area (Å²) in [5.74, 6) is -2.27. The number of carbonyl (C=O) groups excluding carboxylic acids is 2. The second-order valence-corrected chi connectivity index (χ2v) is 6.78. The SMILES string of the molecule is CCOC(=O)C(Cc1cc2ccccc2nc1Sc1ncn[nH]1)C(=O)OCC. The summed E-state index contributed by atoms with van der Waals surface area (Å²) in [6, 6.07) is 9.56. The van der Waals surface area contributed by atoms with E-state index in [9.17, 15) is 9.59 Å². The van der Waals surface area contributed by atoms with Gasteiger partial charge in [0.2, 0.25) is 0 Å². The number of rotatable bonds is 8. The van der Waals surface area contributed by atoms with Crippen molar-refractivity contribution in [2.75, 3.05) is 13.2 Å². The van der Waals surface area contributed by atoms with Gasteiger partial charge in [-0.1, -0.05) is 18.2 Å². The number of hydrogen-bond acceptors (Lipinski definition) is 8. The lowest BCUT2D eigenvalue weighted by molar-refractivity contribution is -0.161. The van der Waals surface area contributed by atoms with Crippen LogP contribution in [0.15, 0.2) is 46.8 Å². The van der Waals surface area contributed by atoms with Crippen molar-refractivity contribution in [1.29, 1.82) is 0 Å². The molecule has 28 heavy (non-hydrogen) atoms. The van der Waals surface area contributed by atoms with Gasteiger partial charge in [0, 0.05) is 5.39 Å². The van der Waals surface area contributed by atoms with Crippen LogP contribution in [0.5, 0.6) is 0 Å². The largest absolute Gasteiger partial charge is 0.465 e. The molecule has 0 radical (unpaired) electrons. The number of nitrogens with one attached hydrogen (secondary N) is 1. The summed E-state index contributed by atoms with van der Waals surface area (Å²) in [5, 5.41) is 8.73. The highest BCUT2D eigenvalue weighted by molar-refractivity contribution is 7.99. The van der Waals surface area contributed by atoms with E-state index in [2.05, 4.69) is 20.2 Å². The highest BCUT2D eigenvalue weighted by Crippen LogP contribution is 2.30. The molecule has 3 rings (SSSR count). The summed E-state index contributed by atoms with van der Waals surface area (Å²) in [7, 11) is 0. The van der Waals surface area contributed by atoms with Crippen LogP contribution in [-0.2, 0) is 25.5 Å². The predicted molar refractivity (Wildman–Crippen MR) is 103 cm³/mol. The quantitative estimate of drug-likeness (QED) is 0.454. The van der Waals surface area contributed by atoms with E-state index in [1.807, 2.05) is 30.3 Å². The van der Waals surface area contributed by atoms with Gasteiger partial charge in [0.1, 0.15) is 11.4 Å². The van der Waals surface area contributed by atoms with E-state index < -0.39 is 17.9 Å². The van der Waals surface area contributed by atoms with Crippen molar-refractivity contribution in [3.8, 4) is 0 Å². The number of hydrogen-bond donors (Lipinski definition) is 1. The van der Waals surface area contributed by atoms with Crippen LogP contribution in [-0.4, -0.2) is 45.3 Å². The first-order chi connectivity index (χ1) is 13.6. The van der Waals surface area contributed by atoms with Crippen molar-refractivity contribution in [3.05, 3.63) is 42.2 Å². The van der Waals surface area contributed by atoms with Crippen LogP contribution < -0.4 is 0 Å². The molecule has 3 aromatic rings. The van der Waals surface area contributed by atoms with Crippen molar-refractivity contribution in [2.24, 2.45) is 5.92 Å². The average molecular weight is 400 g/mol. The fourth-order valence-corrected chi connectivity index (χ4v) is 3.48. The number of aromatic amines is 1. The lowest BCUT2D eigenvalue weighted by atomic mass is 9.99. The minimum absolute atomic E-state index is 0.117. The molecule has 9 heteroatoms. The maximum Gasteiger partial charge on any atom is 0.320 e. The van der Waals surface area contributed by atoms with Crippen molar-refractivity contribution in [2.45, 2.75) is 30.5 Å². The third-order valence-electron chi connectivity index (χ3n) is 3.92. The van der Waals surface area contributed by atoms with Crippen LogP contribution in [0.2, 0.25) is 0 Å². The summed E-state index contributed by atoms with van der Waals surface area (Å²) in [6.45, 7) is 3.76. The molecule has 1 N–H and O–H groups in total. The Hall–Kier alpha value is -2.94. The number of aromatic nitrogens is 4. The summed E-state index contributed by atoms with van der Waals surface area (Å²) >= 11 is 1.28. The average Bonchev–Trinajstić information content (AvgIpc) is 3.19. The van der Waals surface area contributed by atoms with E-state index in [0.717, 1.165) is 16.5 Å². The predicted octanol–water partition coefficient (Wildman–Crippen LogP) is 2.79. The number of carbonyl (C=O) groups is 2. The van der Waals surface area contributed by atoms with Crippen molar-refractivity contribution in [1.82, 2.24) is 20.2 Å². The summed E-state index contributed by atoms with van der Waals surface area (Å²) < 4.78 is 10.2. The molecule has 146 valence electrons. The molecule has 0 unspecified atom stereocenters. The maximum atomic E-state index is 12.4. The second kappa shape index (κ2) is 9.32. The number of esters is 2. The van der Waals surface area contributed by atoms with Gasteiger partial charge in [0.05, 0.1) is 18.7 Å². The Labute approximate surface area is 166 Å². The first-order valence-electron chi connectivity index (χ1n) is 8.87. The monoisotopic (exact) mass is 400 g/mol. The van der Waals surface area contributed by atoms with Gasteiger partial charge in [0.25, 0.3) is 0 Å². The van der Waals surface area contributed by atoms with E-state index >= 15 is 0 Å². The highest BCUT2D eigenvalue weighted by atomic mass is 32.2. The summed E-state index contributed by atoms with van der Waals surface area (Å²) in [6.07, 6.45) is 1.52. The smallest absolute Gasteiger partial charge is 0.320 e. The van der Waals surface area contributed by atoms with Gasteiger partial charge >= 0.3 is 11.9 Å². The molecule has 0 spiro atoms. The minimum atomic E-state index is -1.06. The Morgan fingerprint density at radius 3 is 2.50 bits per heavy atom. The number of pyridine rings is 1. The van der Waals surface area contributed by atoms with Crippen LogP contribution in [0.3, 0.4) is 0 Å². The van der Waals surface area contributed by atoms with Crippen LogP contribution in [0, 0.1) is 5.92 Å². The second-order valence-electron chi connectivity index (χ2n) is 5.80. The molecule has 0 aliphatic rings. The Morgan fingerprint density at radius 1 is 1.14 bits per heavy atom. The number of H-pyrrole nitrogens is 1. The topological polar surface area (TPSA) is 107 Å². The summed E-state index contributed by atoms with van der Waals surface area (Å²) in [4.78, 5) is 33.6. The molecule has 1 aromatic carbocycles. The van der Waals surface area contributed by atoms with Gasteiger partial charge in [-0.15, -0.1) is 0 Å². The molecule has 0 amide bonds. The fraction of sp³-hybridized carbons (Fsp3) is 0.316. The van der Waals surface area contributed by atoms with Crippen molar-refractivity contribution < 1.29 is 19.1 Å². The van der Waals surface area contributed by atoms with E-state index in [1.54, 1.807) is 13.8 Å². The zero-order valence-electron chi connectivity index (χ0n) is 15.5. The zero-order chi connectivity index (χ0) is 19.9. The van der Waals surface area contributed by atoms with Gasteiger partial charge in [-0.05, 0) is 49.7 Å². The molecular weight excluding hydrogens is 380 g/mol. The van der Waals surface area contributed by atoms with E-state index in [4.69, 9.17) is 9.47 Å². The van der Waals surface area contributed by atoms with Crippen molar-refractivity contribution >= 4 is 34.6 Å². The molecule has 0 saturated carbocycles. The zero-order valence-corrected chi connectivity index (χ0v) is 16.4. The molecule has 2 heterocycles. The molecule has 0 bridgehead atoms. The lowest BCUT2D eigenvalue weighted by Gasteiger charge is -2.16. The minimum Gasteiger partial charge on any atom is -0.465 e. The molecule has 2 aromatic heterocycles. The molecule has 0 aliphatic carbocycles. The Morgan fingerprint density at radius 2 is 1.86 bits per heavy atom. The van der Waals surface area contributed by atoms with Crippen LogP contribution in [0.25, 0.3) is 10.9 Å². The third-order valence-corrected chi connectivity index (χ3v) is 4.85. The highest BCUT2D eigenvalue weighted by Gasteiger charge is 2.31. The Balaban J connectivity index is 2.00. The summed E-state index contributed by atoms with van der Waals surface area (Å²) in [5.41, 5.74) is 1.53. The molecule has 0 atom stereocenters. The van der Waals surface area contributed by atoms with Gasteiger partial charge in [0.15, 0.2) is 11.1 Å². The number of fused-ring (bicyclic) bond motifs is 1. The number of para-hydroxylation sites is 1. The number of nitrogens with zero attached hydrogens (tertiary/aromatic N) is 3. The number of benzene rings is 1. The maximum absolute atomic E-state index is 12.4. The van der Waals surface area contributed by atoms with Crippen LogP contribution in [0.1, 0.15) is 19.4 Å². The van der Waals surface area contributed by atoms with Crippen LogP contribution >= 0.6 is 11.8 Å².